The van der Waals surface area contributed by atoms with Crippen LogP contribution in [0.25, 0.3) is 11.4 Å². The van der Waals surface area contributed by atoms with Gasteiger partial charge in [-0.05, 0) is 49.2 Å². The molecule has 0 bridgehead atoms. The van der Waals surface area contributed by atoms with E-state index in [1.807, 2.05) is 31.2 Å². The van der Waals surface area contributed by atoms with E-state index in [1.165, 1.54) is 4.68 Å². The van der Waals surface area contributed by atoms with Gasteiger partial charge in [0.05, 0.1) is 30.4 Å². The van der Waals surface area contributed by atoms with E-state index < -0.39 is 5.97 Å². The van der Waals surface area contributed by atoms with E-state index >= 15 is 0 Å². The summed E-state index contributed by atoms with van der Waals surface area (Å²) in [6, 6.07) is 9.32. The van der Waals surface area contributed by atoms with Gasteiger partial charge in [-0.25, -0.2) is 0 Å². The van der Waals surface area contributed by atoms with E-state index in [9.17, 15) is 4.79 Å². The first-order chi connectivity index (χ1) is 13.6. The highest BCUT2D eigenvalue weighted by atomic mass is 32.2. The first kappa shape index (κ1) is 19.7. The number of carboxylic acids is 1. The molecule has 1 N–H and O–H groups in total. The molecule has 0 aliphatic rings. The summed E-state index contributed by atoms with van der Waals surface area (Å²) in [5.41, 5.74) is 1.61. The molecule has 0 spiro atoms. The SMILES string of the molecule is CCCOc1ccc(/C=N\n2c(SCC(=O)O)nnc2-c2ccoc2C)cc1. The molecule has 0 unspecified atom stereocenters. The molecule has 0 saturated carbocycles. The van der Waals surface area contributed by atoms with Gasteiger partial charge in [-0.1, -0.05) is 18.7 Å². The second kappa shape index (κ2) is 9.23. The highest BCUT2D eigenvalue weighted by Crippen LogP contribution is 2.27. The zero-order valence-corrected chi connectivity index (χ0v) is 16.3. The van der Waals surface area contributed by atoms with Crippen LogP contribution in [0.5, 0.6) is 5.75 Å². The third-order valence-electron chi connectivity index (χ3n) is 3.71. The highest BCUT2D eigenvalue weighted by molar-refractivity contribution is 7.99. The number of furan rings is 1. The fraction of sp³-hybridized carbons (Fsp3) is 0.263. The molecule has 0 radical (unpaired) electrons. The van der Waals surface area contributed by atoms with Gasteiger partial charge in [0.1, 0.15) is 11.5 Å². The lowest BCUT2D eigenvalue weighted by Gasteiger charge is -2.05. The second-order valence-electron chi connectivity index (χ2n) is 5.85. The fourth-order valence-corrected chi connectivity index (χ4v) is 2.97. The van der Waals surface area contributed by atoms with Crippen molar-refractivity contribution < 1.29 is 19.1 Å². The lowest BCUT2D eigenvalue weighted by Crippen LogP contribution is -2.01. The molecule has 0 saturated heterocycles. The van der Waals surface area contributed by atoms with Crippen molar-refractivity contribution in [3.63, 3.8) is 0 Å². The minimum atomic E-state index is -0.938. The van der Waals surface area contributed by atoms with Gasteiger partial charge in [0.15, 0.2) is 5.82 Å². The van der Waals surface area contributed by atoms with Gasteiger partial charge in [-0.2, -0.15) is 9.78 Å². The summed E-state index contributed by atoms with van der Waals surface area (Å²) in [7, 11) is 0. The molecule has 146 valence electrons. The third-order valence-corrected chi connectivity index (χ3v) is 4.62. The van der Waals surface area contributed by atoms with Gasteiger partial charge in [0, 0.05) is 0 Å². The molecule has 0 aliphatic carbocycles. The maximum absolute atomic E-state index is 10.9. The van der Waals surface area contributed by atoms with Crippen LogP contribution in [0.15, 0.2) is 51.3 Å². The predicted molar refractivity (Wildman–Crippen MR) is 106 cm³/mol. The van der Waals surface area contributed by atoms with Crippen molar-refractivity contribution in [3.05, 3.63) is 47.9 Å². The molecule has 0 fully saturated rings. The normalized spacial score (nSPS) is 11.2. The number of aryl methyl sites for hydroxylation is 1. The zero-order valence-electron chi connectivity index (χ0n) is 15.5. The number of aliphatic carboxylic acids is 1. The number of nitrogens with zero attached hydrogens (tertiary/aromatic N) is 4. The molecule has 2 aromatic heterocycles. The van der Waals surface area contributed by atoms with Gasteiger partial charge in [0.2, 0.25) is 5.16 Å². The molecule has 3 rings (SSSR count). The Hall–Kier alpha value is -3.07. The lowest BCUT2D eigenvalue weighted by atomic mass is 10.2. The maximum Gasteiger partial charge on any atom is 0.313 e. The highest BCUT2D eigenvalue weighted by Gasteiger charge is 2.18. The Morgan fingerprint density at radius 1 is 1.32 bits per heavy atom. The van der Waals surface area contributed by atoms with Crippen molar-refractivity contribution in [1.29, 1.82) is 0 Å². The smallest absolute Gasteiger partial charge is 0.313 e. The van der Waals surface area contributed by atoms with Gasteiger partial charge in [-0.15, -0.1) is 10.2 Å². The first-order valence-electron chi connectivity index (χ1n) is 8.70. The standard InChI is InChI=1S/C19H20N4O4S/c1-3-9-27-15-6-4-14(5-7-15)11-20-23-18(16-8-10-26-13(16)2)21-22-19(23)28-12-17(24)25/h4-8,10-11H,3,9,12H2,1-2H3,(H,24,25)/b20-11-. The minimum Gasteiger partial charge on any atom is -0.494 e. The number of rotatable bonds is 9. The van der Waals surface area contributed by atoms with Gasteiger partial charge < -0.3 is 14.3 Å². The number of aromatic nitrogens is 3. The molecule has 0 atom stereocenters. The molecule has 9 heteroatoms. The van der Waals surface area contributed by atoms with Crippen LogP contribution in [0.1, 0.15) is 24.7 Å². The molecular weight excluding hydrogens is 380 g/mol. The number of ether oxygens (including phenoxy) is 1. The zero-order chi connectivity index (χ0) is 19.9. The van der Waals surface area contributed by atoms with Crippen molar-refractivity contribution in [2.24, 2.45) is 5.10 Å². The van der Waals surface area contributed by atoms with Crippen LogP contribution in [-0.2, 0) is 4.79 Å². The Morgan fingerprint density at radius 2 is 2.11 bits per heavy atom. The molecular formula is C19H20N4O4S. The van der Waals surface area contributed by atoms with Crippen LogP contribution < -0.4 is 4.74 Å². The number of carboxylic acid groups (broad SMARTS) is 1. The summed E-state index contributed by atoms with van der Waals surface area (Å²) in [5, 5.41) is 22.1. The molecule has 1 aromatic carbocycles. The average Bonchev–Trinajstić information content (AvgIpc) is 3.29. The summed E-state index contributed by atoms with van der Waals surface area (Å²) < 4.78 is 12.4. The van der Waals surface area contributed by atoms with E-state index in [1.54, 1.807) is 18.5 Å². The summed E-state index contributed by atoms with van der Waals surface area (Å²) in [5.74, 6) is 0.888. The van der Waals surface area contributed by atoms with Crippen molar-refractivity contribution >= 4 is 23.9 Å². The average molecular weight is 400 g/mol. The predicted octanol–water partition coefficient (Wildman–Crippen LogP) is 3.69. The number of hydrogen-bond acceptors (Lipinski definition) is 7. The number of hydrogen-bond donors (Lipinski definition) is 1. The van der Waals surface area contributed by atoms with Crippen LogP contribution in [0.2, 0.25) is 0 Å². The summed E-state index contributed by atoms with van der Waals surface area (Å²) in [4.78, 5) is 10.9. The van der Waals surface area contributed by atoms with Gasteiger partial charge >= 0.3 is 5.97 Å². The fourth-order valence-electron chi connectivity index (χ4n) is 2.37. The minimum absolute atomic E-state index is 0.137. The van der Waals surface area contributed by atoms with Crippen molar-refractivity contribution in [1.82, 2.24) is 14.9 Å². The summed E-state index contributed by atoms with van der Waals surface area (Å²) in [6.45, 7) is 4.54. The molecule has 3 aromatic rings. The van der Waals surface area contributed by atoms with Gasteiger partial charge in [0.25, 0.3) is 0 Å². The largest absolute Gasteiger partial charge is 0.494 e. The van der Waals surface area contributed by atoms with E-state index in [0.29, 0.717) is 23.3 Å². The van der Waals surface area contributed by atoms with Crippen molar-refractivity contribution in [2.45, 2.75) is 25.4 Å². The maximum atomic E-state index is 10.9. The Balaban J connectivity index is 1.88. The molecule has 28 heavy (non-hydrogen) atoms. The van der Waals surface area contributed by atoms with Crippen LogP contribution in [0.4, 0.5) is 0 Å². The van der Waals surface area contributed by atoms with Crippen molar-refractivity contribution in [3.8, 4) is 17.1 Å². The van der Waals surface area contributed by atoms with E-state index in [-0.39, 0.29) is 5.75 Å². The van der Waals surface area contributed by atoms with Gasteiger partial charge in [-0.3, -0.25) is 4.79 Å². The van der Waals surface area contributed by atoms with Crippen molar-refractivity contribution in [2.75, 3.05) is 12.4 Å². The Labute approximate surface area is 166 Å². The topological polar surface area (TPSA) is 103 Å². The van der Waals surface area contributed by atoms with E-state index in [2.05, 4.69) is 22.2 Å². The Morgan fingerprint density at radius 3 is 2.75 bits per heavy atom. The van der Waals surface area contributed by atoms with E-state index in [0.717, 1.165) is 35.1 Å². The van der Waals surface area contributed by atoms with Crippen LogP contribution in [0.3, 0.4) is 0 Å². The number of thioether (sulfide) groups is 1. The first-order valence-corrected chi connectivity index (χ1v) is 9.68. The second-order valence-corrected chi connectivity index (χ2v) is 6.80. The monoisotopic (exact) mass is 400 g/mol. The third kappa shape index (κ3) is 4.80. The summed E-state index contributed by atoms with van der Waals surface area (Å²) in [6.07, 6.45) is 4.17. The molecule has 0 amide bonds. The van der Waals surface area contributed by atoms with Crippen LogP contribution in [0, 0.1) is 6.92 Å². The van der Waals surface area contributed by atoms with Crippen LogP contribution in [-0.4, -0.2) is 44.5 Å². The summed E-state index contributed by atoms with van der Waals surface area (Å²) >= 11 is 1.05. The van der Waals surface area contributed by atoms with Crippen LogP contribution >= 0.6 is 11.8 Å². The Kier molecular flexibility index (Phi) is 6.49. The molecule has 8 nitrogen and oxygen atoms in total. The number of carbonyl (C=O) groups is 1. The quantitative estimate of drug-likeness (QED) is 0.431. The molecule has 0 aliphatic heterocycles. The lowest BCUT2D eigenvalue weighted by molar-refractivity contribution is -0.133. The number of benzene rings is 1. The van der Waals surface area contributed by atoms with E-state index in [4.69, 9.17) is 14.3 Å². The molecule has 2 heterocycles. The Bertz CT molecular complexity index is 963.